The highest BCUT2D eigenvalue weighted by Gasteiger charge is 2.29. The molecule has 204 valence electrons. The monoisotopic (exact) mass is 537 g/mol. The summed E-state index contributed by atoms with van der Waals surface area (Å²) in [7, 11) is 1.28. The van der Waals surface area contributed by atoms with E-state index in [1.807, 2.05) is 0 Å². The number of carbonyl (C=O) groups is 4. The highest BCUT2D eigenvalue weighted by atomic mass is 19.1. The minimum atomic E-state index is -1.24. The van der Waals surface area contributed by atoms with Gasteiger partial charge in [-0.05, 0) is 49.9 Å². The minimum Gasteiger partial charge on any atom is -0.464 e. The number of ether oxygens (including phenoxy) is 1. The molecule has 2 aromatic heterocycles. The fourth-order valence-electron chi connectivity index (χ4n) is 4.53. The van der Waals surface area contributed by atoms with Crippen molar-refractivity contribution in [1.82, 2.24) is 30.6 Å². The molecule has 1 atom stereocenters. The summed E-state index contributed by atoms with van der Waals surface area (Å²) in [5.74, 6) is -3.48. The van der Waals surface area contributed by atoms with Gasteiger partial charge in [-0.3, -0.25) is 14.4 Å². The molecule has 39 heavy (non-hydrogen) atoms. The van der Waals surface area contributed by atoms with Crippen molar-refractivity contribution < 1.29 is 28.3 Å². The maximum Gasteiger partial charge on any atom is 0.357 e. The molecule has 1 unspecified atom stereocenters. The van der Waals surface area contributed by atoms with Gasteiger partial charge in [-0.25, -0.2) is 18.9 Å². The van der Waals surface area contributed by atoms with E-state index >= 15 is 0 Å². The van der Waals surface area contributed by atoms with E-state index in [0.717, 1.165) is 6.07 Å². The van der Waals surface area contributed by atoms with Gasteiger partial charge in [-0.1, -0.05) is 17.3 Å². The molecule has 0 bridgehead atoms. The molecule has 4 N–H and O–H groups in total. The van der Waals surface area contributed by atoms with Crippen LogP contribution in [0.15, 0.2) is 48.8 Å². The SMILES string of the molecule is COC(=O)c1ncccc1-c1cn(C2CCC(NC(=O)C(CC(N)=O)NC(=O)c3ccccc3F)CC2)nn1. The number of halogens is 1. The van der Waals surface area contributed by atoms with Crippen LogP contribution in [0, 0.1) is 5.82 Å². The molecule has 0 radical (unpaired) electrons. The van der Waals surface area contributed by atoms with Crippen LogP contribution in [0.3, 0.4) is 0 Å². The standard InChI is InChI=1S/C26H28FN7O5/c1-39-26(38)23-18(6-4-12-29-23)21-14-34(33-32-21)16-10-8-15(9-11-16)30-25(37)20(13-22(28)35)31-24(36)17-5-2-3-7-19(17)27/h2-7,12,14-16,20H,8-11,13H2,1H3,(H2,28,35)(H,30,37)(H,31,36). The normalized spacial score (nSPS) is 17.6. The number of rotatable bonds is 9. The molecule has 1 aliphatic rings. The number of primary amides is 1. The molecule has 1 aromatic carbocycles. The number of benzene rings is 1. The van der Waals surface area contributed by atoms with E-state index in [9.17, 15) is 23.6 Å². The molecule has 0 saturated heterocycles. The van der Waals surface area contributed by atoms with Crippen molar-refractivity contribution in [3.63, 3.8) is 0 Å². The predicted octanol–water partition coefficient (Wildman–Crippen LogP) is 1.54. The summed E-state index contributed by atoms with van der Waals surface area (Å²) in [6, 6.07) is 7.32. The molecule has 2 heterocycles. The van der Waals surface area contributed by atoms with Crippen LogP contribution in [0.1, 0.15) is 59.0 Å². The Morgan fingerprint density at radius 1 is 1.13 bits per heavy atom. The number of carbonyl (C=O) groups excluding carboxylic acids is 4. The second kappa shape index (κ2) is 12.2. The second-order valence-electron chi connectivity index (χ2n) is 9.17. The van der Waals surface area contributed by atoms with E-state index in [1.165, 1.54) is 31.5 Å². The Morgan fingerprint density at radius 2 is 1.87 bits per heavy atom. The highest BCUT2D eigenvalue weighted by Crippen LogP contribution is 2.29. The molecule has 13 heteroatoms. The van der Waals surface area contributed by atoms with Crippen LogP contribution < -0.4 is 16.4 Å². The fraction of sp³-hybridized carbons (Fsp3) is 0.346. The number of esters is 1. The molecule has 3 amide bonds. The zero-order valence-corrected chi connectivity index (χ0v) is 21.2. The zero-order valence-electron chi connectivity index (χ0n) is 21.2. The van der Waals surface area contributed by atoms with Gasteiger partial charge in [0.1, 0.15) is 17.6 Å². The van der Waals surface area contributed by atoms with Crippen molar-refractivity contribution in [3.05, 3.63) is 65.9 Å². The maximum absolute atomic E-state index is 14.0. The smallest absolute Gasteiger partial charge is 0.357 e. The van der Waals surface area contributed by atoms with E-state index in [4.69, 9.17) is 10.5 Å². The number of pyridine rings is 1. The van der Waals surface area contributed by atoms with Gasteiger partial charge in [0.15, 0.2) is 5.69 Å². The van der Waals surface area contributed by atoms with Gasteiger partial charge >= 0.3 is 5.97 Å². The third-order valence-corrected chi connectivity index (χ3v) is 6.54. The van der Waals surface area contributed by atoms with E-state index in [0.29, 0.717) is 36.9 Å². The summed E-state index contributed by atoms with van der Waals surface area (Å²) in [5, 5.41) is 13.7. The van der Waals surface area contributed by atoms with Crippen LogP contribution in [0.25, 0.3) is 11.3 Å². The Labute approximate surface area is 223 Å². The first-order chi connectivity index (χ1) is 18.8. The second-order valence-corrected chi connectivity index (χ2v) is 9.17. The van der Waals surface area contributed by atoms with Crippen molar-refractivity contribution in [1.29, 1.82) is 0 Å². The van der Waals surface area contributed by atoms with Crippen molar-refractivity contribution >= 4 is 23.7 Å². The number of nitrogens with one attached hydrogen (secondary N) is 2. The van der Waals surface area contributed by atoms with Gasteiger partial charge in [0.25, 0.3) is 5.91 Å². The Kier molecular flexibility index (Phi) is 8.59. The van der Waals surface area contributed by atoms with Crippen molar-refractivity contribution in [3.8, 4) is 11.3 Å². The summed E-state index contributed by atoms with van der Waals surface area (Å²) in [5.41, 5.74) is 6.18. The fourth-order valence-corrected chi connectivity index (χ4v) is 4.53. The van der Waals surface area contributed by atoms with E-state index < -0.39 is 42.0 Å². The van der Waals surface area contributed by atoms with Gasteiger partial charge in [-0.2, -0.15) is 0 Å². The highest BCUT2D eigenvalue weighted by molar-refractivity contribution is 5.99. The van der Waals surface area contributed by atoms with Gasteiger partial charge in [0.2, 0.25) is 11.8 Å². The quantitative estimate of drug-likeness (QED) is 0.345. The molecule has 0 spiro atoms. The molecule has 1 fully saturated rings. The van der Waals surface area contributed by atoms with E-state index in [-0.39, 0.29) is 23.3 Å². The maximum atomic E-state index is 14.0. The largest absolute Gasteiger partial charge is 0.464 e. The topological polar surface area (TPSA) is 171 Å². The summed E-state index contributed by atoms with van der Waals surface area (Å²) in [6.45, 7) is 0. The Morgan fingerprint density at radius 3 is 2.56 bits per heavy atom. The van der Waals surface area contributed by atoms with Crippen LogP contribution >= 0.6 is 0 Å². The minimum absolute atomic E-state index is 0.0137. The van der Waals surface area contributed by atoms with Crippen molar-refractivity contribution in [2.24, 2.45) is 5.73 Å². The Bertz CT molecular complexity index is 1370. The van der Waals surface area contributed by atoms with Crippen LogP contribution in [0.5, 0.6) is 0 Å². The average molecular weight is 538 g/mol. The number of hydrogen-bond acceptors (Lipinski definition) is 8. The number of hydrogen-bond donors (Lipinski definition) is 3. The third-order valence-electron chi connectivity index (χ3n) is 6.54. The summed E-state index contributed by atoms with van der Waals surface area (Å²) in [6.07, 6.45) is 5.38. The van der Waals surface area contributed by atoms with Crippen LogP contribution in [0.2, 0.25) is 0 Å². The van der Waals surface area contributed by atoms with E-state index in [1.54, 1.807) is 23.0 Å². The summed E-state index contributed by atoms with van der Waals surface area (Å²) >= 11 is 0. The molecule has 1 aliphatic carbocycles. The lowest BCUT2D eigenvalue weighted by Crippen LogP contribution is -2.51. The van der Waals surface area contributed by atoms with Crippen molar-refractivity contribution in [2.45, 2.75) is 50.2 Å². The van der Waals surface area contributed by atoms with Gasteiger partial charge in [0, 0.05) is 17.8 Å². The first-order valence-corrected chi connectivity index (χ1v) is 12.4. The first-order valence-electron chi connectivity index (χ1n) is 12.4. The Hall–Kier alpha value is -4.68. The van der Waals surface area contributed by atoms with Crippen LogP contribution in [-0.2, 0) is 14.3 Å². The molecular weight excluding hydrogens is 509 g/mol. The number of methoxy groups -OCH3 is 1. The molecule has 12 nitrogen and oxygen atoms in total. The number of nitrogens with zero attached hydrogens (tertiary/aromatic N) is 4. The van der Waals surface area contributed by atoms with Gasteiger partial charge < -0.3 is 21.1 Å². The number of nitrogens with two attached hydrogens (primary N) is 1. The molecule has 4 rings (SSSR count). The number of amides is 3. The van der Waals surface area contributed by atoms with Crippen molar-refractivity contribution in [2.75, 3.05) is 7.11 Å². The lowest BCUT2D eigenvalue weighted by atomic mass is 9.91. The summed E-state index contributed by atoms with van der Waals surface area (Å²) in [4.78, 5) is 53.1. The van der Waals surface area contributed by atoms with E-state index in [2.05, 4.69) is 25.9 Å². The van der Waals surface area contributed by atoms with Gasteiger partial charge in [-0.15, -0.1) is 5.10 Å². The zero-order chi connectivity index (χ0) is 27.9. The molecule has 3 aromatic rings. The van der Waals surface area contributed by atoms with Crippen LogP contribution in [0.4, 0.5) is 4.39 Å². The van der Waals surface area contributed by atoms with Gasteiger partial charge in [0.05, 0.1) is 31.3 Å². The number of aromatic nitrogens is 4. The van der Waals surface area contributed by atoms with Crippen LogP contribution in [-0.4, -0.2) is 62.9 Å². The molecule has 1 saturated carbocycles. The Balaban J connectivity index is 1.36. The lowest BCUT2D eigenvalue weighted by molar-refractivity contribution is -0.127. The average Bonchev–Trinajstić information content (AvgIpc) is 3.43. The summed E-state index contributed by atoms with van der Waals surface area (Å²) < 4.78 is 20.5. The third kappa shape index (κ3) is 6.61. The first kappa shape index (κ1) is 27.4. The predicted molar refractivity (Wildman–Crippen MR) is 135 cm³/mol. The molecular formula is C26H28FN7O5. The lowest BCUT2D eigenvalue weighted by Gasteiger charge is -2.30. The molecule has 0 aliphatic heterocycles.